The molecule has 0 atom stereocenters. The highest BCUT2D eigenvalue weighted by Crippen LogP contribution is 2.33. The fourth-order valence-electron chi connectivity index (χ4n) is 2.54. The molecule has 0 saturated heterocycles. The number of allylic oxidation sites excluding steroid dienone is 1. The molecule has 0 N–H and O–H groups in total. The minimum atomic E-state index is 0.717. The first kappa shape index (κ1) is 14.7. The first-order valence-corrected chi connectivity index (χ1v) is 7.24. The molecule has 0 aromatic heterocycles. The molecule has 0 aliphatic carbocycles. The summed E-state index contributed by atoms with van der Waals surface area (Å²) in [6.45, 7) is 11.7. The molecule has 0 spiro atoms. The molecule has 0 unspecified atom stereocenters. The van der Waals surface area contributed by atoms with E-state index < -0.39 is 0 Å². The van der Waals surface area contributed by atoms with Gasteiger partial charge in [-0.2, -0.15) is 0 Å². The average Bonchev–Trinajstić information content (AvgIpc) is 2.49. The van der Waals surface area contributed by atoms with Crippen LogP contribution in [0.15, 0.2) is 35.9 Å². The van der Waals surface area contributed by atoms with Crippen LogP contribution in [0.5, 0.6) is 0 Å². The quantitative estimate of drug-likeness (QED) is 0.730. The van der Waals surface area contributed by atoms with Gasteiger partial charge in [0.25, 0.3) is 0 Å². The lowest BCUT2D eigenvalue weighted by Gasteiger charge is -2.18. The summed E-state index contributed by atoms with van der Waals surface area (Å²) in [6, 6.07) is 4.43. The maximum atomic E-state index is 5.40. The number of hydrogen-bond acceptors (Lipinski definition) is 2. The summed E-state index contributed by atoms with van der Waals surface area (Å²) < 4.78 is 5.40. The Morgan fingerprint density at radius 2 is 2.25 bits per heavy atom. The maximum Gasteiger partial charge on any atom is 0.0699 e. The van der Waals surface area contributed by atoms with E-state index in [0.717, 1.165) is 30.8 Å². The molecule has 1 aromatic rings. The van der Waals surface area contributed by atoms with E-state index >= 15 is 0 Å². The minimum absolute atomic E-state index is 0.717. The van der Waals surface area contributed by atoms with Crippen LogP contribution in [0.25, 0.3) is 5.57 Å². The molecule has 106 valence electrons. The molecule has 2 nitrogen and oxygen atoms in total. The molecule has 0 radical (unpaired) electrons. The zero-order chi connectivity index (χ0) is 14.5. The van der Waals surface area contributed by atoms with E-state index in [-0.39, 0.29) is 0 Å². The van der Waals surface area contributed by atoms with Crippen molar-refractivity contribution in [2.45, 2.75) is 33.6 Å². The Morgan fingerprint density at radius 1 is 1.45 bits per heavy atom. The van der Waals surface area contributed by atoms with Crippen molar-refractivity contribution in [1.29, 1.82) is 0 Å². The molecule has 1 aromatic carbocycles. The van der Waals surface area contributed by atoms with E-state index in [9.17, 15) is 0 Å². The van der Waals surface area contributed by atoms with Crippen molar-refractivity contribution in [2.75, 3.05) is 13.2 Å². The number of aryl methyl sites for hydroxylation is 1. The van der Waals surface area contributed by atoms with E-state index in [4.69, 9.17) is 9.73 Å². The average molecular weight is 269 g/mol. The van der Waals surface area contributed by atoms with E-state index in [1.807, 2.05) is 6.92 Å². The van der Waals surface area contributed by atoms with E-state index in [0.29, 0.717) is 6.61 Å². The van der Waals surface area contributed by atoms with Crippen LogP contribution in [-0.2, 0) is 11.2 Å². The molecule has 0 bridgehead atoms. The van der Waals surface area contributed by atoms with Gasteiger partial charge in [-0.05, 0) is 55.0 Å². The number of nitrogens with zero attached hydrogens (tertiary/aromatic N) is 1. The Balaban J connectivity index is 2.53. The van der Waals surface area contributed by atoms with Crippen LogP contribution < -0.4 is 0 Å². The molecule has 20 heavy (non-hydrogen) atoms. The summed E-state index contributed by atoms with van der Waals surface area (Å²) in [6.07, 6.45) is 5.97. The van der Waals surface area contributed by atoms with Crippen LogP contribution in [-0.4, -0.2) is 18.9 Å². The predicted octanol–water partition coefficient (Wildman–Crippen LogP) is 4.64. The third-order valence-corrected chi connectivity index (χ3v) is 3.79. The Bertz CT molecular complexity index is 567. The second-order valence-electron chi connectivity index (χ2n) is 5.11. The van der Waals surface area contributed by atoms with Crippen LogP contribution >= 0.6 is 0 Å². The lowest BCUT2D eigenvalue weighted by atomic mass is 9.93. The number of rotatable bonds is 4. The molecule has 1 heterocycles. The largest absolute Gasteiger partial charge is 0.377 e. The lowest BCUT2D eigenvalue weighted by molar-refractivity contribution is 0.161. The van der Waals surface area contributed by atoms with Crippen LogP contribution in [0.4, 0.5) is 5.69 Å². The highest BCUT2D eigenvalue weighted by Gasteiger charge is 2.13. The van der Waals surface area contributed by atoms with Gasteiger partial charge in [-0.15, -0.1) is 0 Å². The number of hydrogen-bond donors (Lipinski definition) is 0. The van der Waals surface area contributed by atoms with Gasteiger partial charge in [0.05, 0.1) is 18.9 Å². The molecule has 0 amide bonds. The van der Waals surface area contributed by atoms with Crippen LogP contribution in [0, 0.1) is 6.92 Å². The SMILES string of the molecule is C=C/C(C)=N\c1c(CC)ccc(C2=CCOCC2)c1C. The zero-order valence-electron chi connectivity index (χ0n) is 12.7. The summed E-state index contributed by atoms with van der Waals surface area (Å²) in [4.78, 5) is 4.74. The van der Waals surface area contributed by atoms with Gasteiger partial charge in [0, 0.05) is 5.71 Å². The third-order valence-electron chi connectivity index (χ3n) is 3.79. The summed E-state index contributed by atoms with van der Waals surface area (Å²) >= 11 is 0. The van der Waals surface area contributed by atoms with Crippen LogP contribution in [0.3, 0.4) is 0 Å². The molecule has 2 heteroatoms. The lowest BCUT2D eigenvalue weighted by Crippen LogP contribution is -2.05. The predicted molar refractivity (Wildman–Crippen MR) is 86.9 cm³/mol. The summed E-state index contributed by atoms with van der Waals surface area (Å²) in [5.41, 5.74) is 7.31. The van der Waals surface area contributed by atoms with Gasteiger partial charge in [0.1, 0.15) is 0 Å². The van der Waals surface area contributed by atoms with Gasteiger partial charge in [-0.25, -0.2) is 0 Å². The molecule has 0 fully saturated rings. The van der Waals surface area contributed by atoms with Crippen molar-refractivity contribution < 1.29 is 4.74 Å². The van der Waals surface area contributed by atoms with E-state index in [1.54, 1.807) is 6.08 Å². The Labute approximate surface area is 121 Å². The highest BCUT2D eigenvalue weighted by atomic mass is 16.5. The van der Waals surface area contributed by atoms with E-state index in [1.165, 1.54) is 22.3 Å². The smallest absolute Gasteiger partial charge is 0.0699 e. The Kier molecular flexibility index (Phi) is 4.91. The standard InChI is InChI=1S/C18H23NO/c1-5-13(3)19-18-14(4)17(8-7-15(18)6-2)16-9-11-20-12-10-16/h5,7-9H,1,6,10-12H2,2-4H3/b19-13-. The first-order valence-electron chi connectivity index (χ1n) is 7.24. The normalized spacial score (nSPS) is 15.9. The molecular weight excluding hydrogens is 246 g/mol. The Morgan fingerprint density at radius 3 is 2.85 bits per heavy atom. The van der Waals surface area contributed by atoms with Gasteiger partial charge < -0.3 is 4.74 Å². The van der Waals surface area contributed by atoms with Crippen molar-refractivity contribution in [3.05, 3.63) is 47.6 Å². The van der Waals surface area contributed by atoms with Gasteiger partial charge in [-0.3, -0.25) is 4.99 Å². The molecule has 2 rings (SSSR count). The first-order chi connectivity index (χ1) is 9.67. The fraction of sp³-hybridized carbons (Fsp3) is 0.389. The topological polar surface area (TPSA) is 21.6 Å². The monoisotopic (exact) mass is 269 g/mol. The Hall–Kier alpha value is -1.67. The van der Waals surface area contributed by atoms with Gasteiger partial charge in [0.2, 0.25) is 0 Å². The van der Waals surface area contributed by atoms with Crippen molar-refractivity contribution >= 4 is 17.0 Å². The van der Waals surface area contributed by atoms with Gasteiger partial charge >= 0.3 is 0 Å². The van der Waals surface area contributed by atoms with Gasteiger partial charge in [-0.1, -0.05) is 31.7 Å². The zero-order valence-corrected chi connectivity index (χ0v) is 12.7. The second-order valence-corrected chi connectivity index (χ2v) is 5.11. The van der Waals surface area contributed by atoms with Crippen LogP contribution in [0.1, 0.15) is 37.0 Å². The fourth-order valence-corrected chi connectivity index (χ4v) is 2.54. The maximum absolute atomic E-state index is 5.40. The minimum Gasteiger partial charge on any atom is -0.377 e. The number of aliphatic imine (C=N–C) groups is 1. The molecule has 0 saturated carbocycles. The highest BCUT2D eigenvalue weighted by molar-refractivity contribution is 5.95. The third kappa shape index (κ3) is 3.07. The van der Waals surface area contributed by atoms with Crippen molar-refractivity contribution in [3.63, 3.8) is 0 Å². The van der Waals surface area contributed by atoms with Crippen molar-refractivity contribution in [3.8, 4) is 0 Å². The van der Waals surface area contributed by atoms with Crippen LogP contribution in [0.2, 0.25) is 0 Å². The molecule has 1 aliphatic rings. The summed E-state index contributed by atoms with van der Waals surface area (Å²) in [7, 11) is 0. The van der Waals surface area contributed by atoms with Crippen molar-refractivity contribution in [1.82, 2.24) is 0 Å². The van der Waals surface area contributed by atoms with Crippen molar-refractivity contribution in [2.24, 2.45) is 4.99 Å². The molecule has 1 aliphatic heterocycles. The summed E-state index contributed by atoms with van der Waals surface area (Å²) in [5.74, 6) is 0. The summed E-state index contributed by atoms with van der Waals surface area (Å²) in [5, 5.41) is 0. The molecular formula is C18H23NO. The van der Waals surface area contributed by atoms with E-state index in [2.05, 4.69) is 38.6 Å². The number of ether oxygens (including phenoxy) is 1. The number of benzene rings is 1. The van der Waals surface area contributed by atoms with Gasteiger partial charge in [0.15, 0.2) is 0 Å². The second kappa shape index (κ2) is 6.67.